The molecule has 4 aromatic carbocycles. The summed E-state index contributed by atoms with van der Waals surface area (Å²) in [5, 5.41) is 0. The zero-order chi connectivity index (χ0) is 29.1. The van der Waals surface area contributed by atoms with Crippen molar-refractivity contribution in [1.29, 1.82) is 0 Å². The number of fused-ring (bicyclic) bond motifs is 1. The van der Waals surface area contributed by atoms with Gasteiger partial charge in [-0.1, -0.05) is 42.5 Å². The zero-order valence-corrected chi connectivity index (χ0v) is 23.7. The molecule has 1 aromatic heterocycles. The van der Waals surface area contributed by atoms with Crippen LogP contribution in [0.4, 0.5) is 4.39 Å². The van der Waals surface area contributed by atoms with Gasteiger partial charge in [0.2, 0.25) is 0 Å². The van der Waals surface area contributed by atoms with Crippen molar-refractivity contribution < 1.29 is 13.9 Å². The number of carbonyl (C=O) groups excluding carboxylic acids is 1. The van der Waals surface area contributed by atoms with Gasteiger partial charge in [0, 0.05) is 24.6 Å². The van der Waals surface area contributed by atoms with Crippen LogP contribution in [0.2, 0.25) is 0 Å². The number of piperidine rings is 1. The lowest BCUT2D eigenvalue weighted by atomic mass is 9.89. The third kappa shape index (κ3) is 5.78. The third-order valence-electron chi connectivity index (χ3n) is 8.22. The molecule has 0 N–H and O–H groups in total. The lowest BCUT2D eigenvalue weighted by Gasteiger charge is -2.31. The van der Waals surface area contributed by atoms with E-state index in [1.165, 1.54) is 12.1 Å². The van der Waals surface area contributed by atoms with E-state index in [0.717, 1.165) is 66.1 Å². The molecular formula is C35H34FN3O3. The quantitative estimate of drug-likeness (QED) is 0.195. The average molecular weight is 564 g/mol. The Morgan fingerprint density at radius 1 is 0.857 bits per heavy atom. The maximum absolute atomic E-state index is 13.8. The van der Waals surface area contributed by atoms with Gasteiger partial charge in [-0.15, -0.1) is 0 Å². The highest BCUT2D eigenvalue weighted by Gasteiger charge is 2.26. The molecule has 0 spiro atoms. The second-order valence-electron chi connectivity index (χ2n) is 11.0. The maximum atomic E-state index is 13.8. The highest BCUT2D eigenvalue weighted by molar-refractivity contribution is 5.97. The highest BCUT2D eigenvalue weighted by Crippen LogP contribution is 2.25. The summed E-state index contributed by atoms with van der Waals surface area (Å²) in [7, 11) is 0. The number of imidazole rings is 1. The van der Waals surface area contributed by atoms with Crippen LogP contribution in [0, 0.1) is 18.7 Å². The minimum atomic E-state index is -0.335. The van der Waals surface area contributed by atoms with Gasteiger partial charge in [0.05, 0.1) is 16.7 Å². The highest BCUT2D eigenvalue weighted by atomic mass is 19.1. The Kier molecular flexibility index (Phi) is 8.02. The number of Topliss-reactive ketones (excluding diaryl/α,β-unsaturated/α-hetero) is 1. The molecule has 1 aliphatic heterocycles. The molecule has 1 saturated heterocycles. The normalized spacial score (nSPS) is 14.3. The first-order chi connectivity index (χ1) is 20.5. The van der Waals surface area contributed by atoms with Crippen molar-refractivity contribution in [3.05, 3.63) is 130 Å². The monoisotopic (exact) mass is 563 g/mol. The summed E-state index contributed by atoms with van der Waals surface area (Å²) in [5.41, 5.74) is 5.24. The topological polar surface area (TPSA) is 56.5 Å². The van der Waals surface area contributed by atoms with Gasteiger partial charge < -0.3 is 9.64 Å². The molecular weight excluding hydrogens is 529 g/mol. The van der Waals surface area contributed by atoms with Crippen LogP contribution < -0.4 is 10.4 Å². The SMILES string of the molecule is Cc1cccc2c1n(-c1ccc(OCc3ccccc3)cc1)c(=O)n2CCN1CCC(C(=O)c2ccc(F)cc2)CC1. The summed E-state index contributed by atoms with van der Waals surface area (Å²) in [5.74, 6) is 0.440. The van der Waals surface area contributed by atoms with Crippen LogP contribution >= 0.6 is 0 Å². The molecule has 0 aliphatic carbocycles. The van der Waals surface area contributed by atoms with Gasteiger partial charge in [0.25, 0.3) is 0 Å². The van der Waals surface area contributed by atoms with E-state index in [4.69, 9.17) is 4.74 Å². The van der Waals surface area contributed by atoms with E-state index in [0.29, 0.717) is 18.7 Å². The summed E-state index contributed by atoms with van der Waals surface area (Å²) in [4.78, 5) is 29.0. The lowest BCUT2D eigenvalue weighted by molar-refractivity contribution is 0.0837. The Morgan fingerprint density at radius 3 is 2.29 bits per heavy atom. The fourth-order valence-corrected chi connectivity index (χ4v) is 5.87. The number of aryl methyl sites for hydroxylation is 1. The number of hydrogen-bond donors (Lipinski definition) is 0. The molecule has 0 atom stereocenters. The lowest BCUT2D eigenvalue weighted by Crippen LogP contribution is -2.39. The predicted octanol–water partition coefficient (Wildman–Crippen LogP) is 6.41. The fourth-order valence-electron chi connectivity index (χ4n) is 5.87. The van der Waals surface area contributed by atoms with E-state index in [1.807, 2.05) is 84.3 Å². The van der Waals surface area contributed by atoms with Gasteiger partial charge in [0.15, 0.2) is 5.78 Å². The summed E-state index contributed by atoms with van der Waals surface area (Å²) < 4.78 is 22.9. The smallest absolute Gasteiger partial charge is 0.333 e. The number of hydrogen-bond acceptors (Lipinski definition) is 4. The minimum Gasteiger partial charge on any atom is -0.489 e. The summed E-state index contributed by atoms with van der Waals surface area (Å²) >= 11 is 0. The molecule has 1 fully saturated rings. The third-order valence-corrected chi connectivity index (χ3v) is 8.22. The summed E-state index contributed by atoms with van der Waals surface area (Å²) in [6, 6.07) is 29.5. The van der Waals surface area contributed by atoms with Crippen LogP contribution in [0.1, 0.15) is 34.3 Å². The number of rotatable bonds is 9. The first kappa shape index (κ1) is 27.7. The number of aromatic nitrogens is 2. The number of ketones is 1. The van der Waals surface area contributed by atoms with Crippen LogP contribution in [0.3, 0.4) is 0 Å². The second-order valence-corrected chi connectivity index (χ2v) is 11.0. The van der Waals surface area contributed by atoms with Crippen LogP contribution in [0.25, 0.3) is 16.7 Å². The first-order valence-corrected chi connectivity index (χ1v) is 14.5. The summed E-state index contributed by atoms with van der Waals surface area (Å²) in [6.45, 7) is 5.36. The number of halogens is 1. The van der Waals surface area contributed by atoms with E-state index < -0.39 is 0 Å². The van der Waals surface area contributed by atoms with E-state index in [1.54, 1.807) is 16.7 Å². The van der Waals surface area contributed by atoms with Crippen molar-refractivity contribution in [2.24, 2.45) is 5.92 Å². The summed E-state index contributed by atoms with van der Waals surface area (Å²) in [6.07, 6.45) is 1.51. The molecule has 6 nitrogen and oxygen atoms in total. The van der Waals surface area contributed by atoms with Crippen molar-refractivity contribution in [1.82, 2.24) is 14.0 Å². The Labute approximate surface area is 244 Å². The van der Waals surface area contributed by atoms with Gasteiger partial charge >= 0.3 is 5.69 Å². The fraction of sp³-hybridized carbons (Fsp3) is 0.257. The van der Waals surface area contributed by atoms with E-state index in [-0.39, 0.29) is 23.2 Å². The number of benzene rings is 4. The van der Waals surface area contributed by atoms with Crippen LogP contribution in [-0.2, 0) is 13.2 Å². The van der Waals surface area contributed by atoms with Crippen molar-refractivity contribution in [3.8, 4) is 11.4 Å². The molecule has 214 valence electrons. The number of nitrogens with zero attached hydrogens (tertiary/aromatic N) is 3. The molecule has 42 heavy (non-hydrogen) atoms. The van der Waals surface area contributed by atoms with Gasteiger partial charge in [0.1, 0.15) is 18.2 Å². The van der Waals surface area contributed by atoms with Crippen molar-refractivity contribution >= 4 is 16.8 Å². The average Bonchev–Trinajstić information content (AvgIpc) is 3.32. The van der Waals surface area contributed by atoms with Gasteiger partial charge in [-0.05, 0) is 98.6 Å². The number of ether oxygens (including phenoxy) is 1. The Bertz CT molecular complexity index is 1730. The van der Waals surface area contributed by atoms with Crippen LogP contribution in [-0.4, -0.2) is 39.5 Å². The largest absolute Gasteiger partial charge is 0.489 e. The van der Waals surface area contributed by atoms with Crippen LogP contribution in [0.15, 0.2) is 102 Å². The van der Waals surface area contributed by atoms with Gasteiger partial charge in [-0.25, -0.2) is 9.18 Å². The molecule has 0 saturated carbocycles. The van der Waals surface area contributed by atoms with Gasteiger partial charge in [-0.2, -0.15) is 0 Å². The zero-order valence-electron chi connectivity index (χ0n) is 23.7. The minimum absolute atomic E-state index is 0.0568. The molecule has 5 aromatic rings. The van der Waals surface area contributed by atoms with Crippen molar-refractivity contribution in [2.45, 2.75) is 32.9 Å². The predicted molar refractivity (Wildman–Crippen MR) is 163 cm³/mol. The van der Waals surface area contributed by atoms with Crippen LogP contribution in [0.5, 0.6) is 5.75 Å². The first-order valence-electron chi connectivity index (χ1n) is 14.5. The van der Waals surface area contributed by atoms with Crippen molar-refractivity contribution in [3.63, 3.8) is 0 Å². The maximum Gasteiger partial charge on any atom is 0.333 e. The molecule has 0 amide bonds. The molecule has 6 rings (SSSR count). The van der Waals surface area contributed by atoms with E-state index >= 15 is 0 Å². The van der Waals surface area contributed by atoms with E-state index in [9.17, 15) is 14.0 Å². The van der Waals surface area contributed by atoms with Crippen molar-refractivity contribution in [2.75, 3.05) is 19.6 Å². The molecule has 7 heteroatoms. The Morgan fingerprint density at radius 2 is 1.57 bits per heavy atom. The molecule has 1 aliphatic rings. The second kappa shape index (κ2) is 12.2. The Hall–Kier alpha value is -4.49. The van der Waals surface area contributed by atoms with E-state index in [2.05, 4.69) is 4.90 Å². The molecule has 0 bridgehead atoms. The standard InChI is InChI=1S/C35H34FN3O3/c1-25-6-5-9-32-33(25)39(30-14-16-31(17-15-30)42-24-26-7-3-2-4-8-26)35(41)38(32)23-22-37-20-18-28(19-21-37)34(40)27-10-12-29(36)13-11-27/h2-17,28H,18-24H2,1H3. The van der Waals surface area contributed by atoms with Gasteiger partial charge in [-0.3, -0.25) is 13.9 Å². The Balaban J connectivity index is 1.15. The number of carbonyl (C=O) groups is 1. The number of para-hydroxylation sites is 1. The molecule has 2 heterocycles. The molecule has 0 unspecified atom stereocenters. The molecule has 0 radical (unpaired) electrons. The number of likely N-dealkylation sites (tertiary alicyclic amines) is 1.